The fourth-order valence-electron chi connectivity index (χ4n) is 2.18. The summed E-state index contributed by atoms with van der Waals surface area (Å²) in [7, 11) is -3.30. The number of hydrogen-bond acceptors (Lipinski definition) is 4. The van der Waals surface area contributed by atoms with E-state index in [9.17, 15) is 13.2 Å². The van der Waals surface area contributed by atoms with Gasteiger partial charge in [-0.1, -0.05) is 42.0 Å². The van der Waals surface area contributed by atoms with E-state index in [1.165, 1.54) is 6.92 Å². The fourth-order valence-corrected chi connectivity index (χ4v) is 3.47. The lowest BCUT2D eigenvalue weighted by atomic mass is 10.1. The summed E-state index contributed by atoms with van der Waals surface area (Å²) in [6.07, 6.45) is 0.421. The topological polar surface area (TPSA) is 60.4 Å². The molecule has 0 N–H and O–H groups in total. The SMILES string of the molecule is CC(=O)OCc1cccc(CCS(=O)(=O)c2ccc(C)cc2)c1. The van der Waals surface area contributed by atoms with Crippen LogP contribution >= 0.6 is 0 Å². The highest BCUT2D eigenvalue weighted by Crippen LogP contribution is 2.15. The van der Waals surface area contributed by atoms with Crippen molar-refractivity contribution < 1.29 is 17.9 Å². The molecule has 0 aliphatic heterocycles. The highest BCUT2D eigenvalue weighted by Gasteiger charge is 2.14. The molecule has 2 aromatic carbocycles. The zero-order valence-corrected chi connectivity index (χ0v) is 14.1. The lowest BCUT2D eigenvalue weighted by Crippen LogP contribution is -2.09. The first-order valence-corrected chi connectivity index (χ1v) is 9.03. The highest BCUT2D eigenvalue weighted by atomic mass is 32.2. The number of carbonyl (C=O) groups is 1. The molecular weight excluding hydrogens is 312 g/mol. The lowest BCUT2D eigenvalue weighted by Gasteiger charge is -2.07. The van der Waals surface area contributed by atoms with Crippen LogP contribution in [0.3, 0.4) is 0 Å². The Kier molecular flexibility index (Phi) is 5.55. The molecule has 0 spiro atoms. The van der Waals surface area contributed by atoms with E-state index >= 15 is 0 Å². The van der Waals surface area contributed by atoms with Crippen LogP contribution in [-0.4, -0.2) is 20.1 Å². The van der Waals surface area contributed by atoms with Crippen LogP contribution < -0.4 is 0 Å². The van der Waals surface area contributed by atoms with Crippen LogP contribution in [-0.2, 0) is 32.4 Å². The average molecular weight is 332 g/mol. The number of carbonyl (C=O) groups excluding carboxylic acids is 1. The molecule has 2 aromatic rings. The van der Waals surface area contributed by atoms with Crippen LogP contribution in [0.2, 0.25) is 0 Å². The third kappa shape index (κ3) is 5.21. The van der Waals surface area contributed by atoms with Crippen molar-refractivity contribution in [3.05, 3.63) is 65.2 Å². The zero-order chi connectivity index (χ0) is 16.9. The Balaban J connectivity index is 2.03. The Bertz CT molecular complexity index is 777. The molecule has 0 saturated heterocycles. The first-order chi connectivity index (χ1) is 10.9. The Labute approximate surface area is 137 Å². The van der Waals surface area contributed by atoms with Crippen molar-refractivity contribution >= 4 is 15.8 Å². The Morgan fingerprint density at radius 2 is 1.70 bits per heavy atom. The van der Waals surface area contributed by atoms with Gasteiger partial charge in [-0.25, -0.2) is 8.42 Å². The second-order valence-corrected chi connectivity index (χ2v) is 7.59. The van der Waals surface area contributed by atoms with Crippen molar-refractivity contribution in [3.8, 4) is 0 Å². The van der Waals surface area contributed by atoms with E-state index in [0.29, 0.717) is 11.3 Å². The molecule has 0 saturated carbocycles. The smallest absolute Gasteiger partial charge is 0.302 e. The van der Waals surface area contributed by atoms with Gasteiger partial charge in [0.25, 0.3) is 0 Å². The van der Waals surface area contributed by atoms with Crippen LogP contribution in [0.25, 0.3) is 0 Å². The molecule has 122 valence electrons. The van der Waals surface area contributed by atoms with Gasteiger partial charge in [-0.3, -0.25) is 4.79 Å². The van der Waals surface area contributed by atoms with Gasteiger partial charge in [0, 0.05) is 6.92 Å². The van der Waals surface area contributed by atoms with Crippen molar-refractivity contribution in [2.45, 2.75) is 31.8 Å². The normalized spacial score (nSPS) is 11.2. The lowest BCUT2D eigenvalue weighted by molar-refractivity contribution is -0.142. The second kappa shape index (κ2) is 7.42. The third-order valence-electron chi connectivity index (χ3n) is 3.47. The minimum absolute atomic E-state index is 0.0487. The first-order valence-electron chi connectivity index (χ1n) is 7.37. The van der Waals surface area contributed by atoms with Gasteiger partial charge in [0.15, 0.2) is 9.84 Å². The molecule has 0 fully saturated rings. The van der Waals surface area contributed by atoms with E-state index in [2.05, 4.69) is 0 Å². The maximum Gasteiger partial charge on any atom is 0.302 e. The van der Waals surface area contributed by atoms with Gasteiger partial charge >= 0.3 is 5.97 Å². The summed E-state index contributed by atoms with van der Waals surface area (Å²) in [5, 5.41) is 0. The Morgan fingerprint density at radius 3 is 2.35 bits per heavy atom. The highest BCUT2D eigenvalue weighted by molar-refractivity contribution is 7.91. The van der Waals surface area contributed by atoms with E-state index in [4.69, 9.17) is 4.74 Å². The number of esters is 1. The van der Waals surface area contributed by atoms with Crippen LogP contribution in [0.1, 0.15) is 23.6 Å². The molecule has 2 rings (SSSR count). The predicted molar refractivity (Wildman–Crippen MR) is 88.8 cm³/mol. The molecule has 4 nitrogen and oxygen atoms in total. The number of hydrogen-bond donors (Lipinski definition) is 0. The van der Waals surface area contributed by atoms with Crippen molar-refractivity contribution in [3.63, 3.8) is 0 Å². The number of sulfone groups is 1. The summed E-state index contributed by atoms with van der Waals surface area (Å²) in [5.41, 5.74) is 2.79. The maximum atomic E-state index is 12.3. The Hall–Kier alpha value is -2.14. The summed E-state index contributed by atoms with van der Waals surface area (Å²) in [6, 6.07) is 14.3. The maximum absolute atomic E-state index is 12.3. The Morgan fingerprint density at radius 1 is 1.04 bits per heavy atom. The number of ether oxygens (including phenoxy) is 1. The number of rotatable bonds is 6. The van der Waals surface area contributed by atoms with Crippen molar-refractivity contribution in [1.29, 1.82) is 0 Å². The summed E-state index contributed by atoms with van der Waals surface area (Å²) in [6.45, 7) is 3.48. The molecule has 0 amide bonds. The van der Waals surface area contributed by atoms with Crippen LogP contribution in [0.4, 0.5) is 0 Å². The monoisotopic (exact) mass is 332 g/mol. The van der Waals surface area contributed by atoms with E-state index < -0.39 is 9.84 Å². The third-order valence-corrected chi connectivity index (χ3v) is 5.21. The molecule has 0 bridgehead atoms. The van der Waals surface area contributed by atoms with Crippen LogP contribution in [0.5, 0.6) is 0 Å². The molecule has 0 aliphatic carbocycles. The molecule has 0 aliphatic rings. The fraction of sp³-hybridized carbons (Fsp3) is 0.278. The number of benzene rings is 2. The second-order valence-electron chi connectivity index (χ2n) is 5.48. The molecule has 0 radical (unpaired) electrons. The standard InChI is InChI=1S/C18H20O4S/c1-14-6-8-18(9-7-14)23(20,21)11-10-16-4-3-5-17(12-16)13-22-15(2)19/h3-9,12H,10-11,13H2,1-2H3. The molecule has 0 aromatic heterocycles. The molecule has 0 atom stereocenters. The van der Waals surface area contributed by atoms with Gasteiger partial charge in [-0.15, -0.1) is 0 Å². The van der Waals surface area contributed by atoms with Crippen molar-refractivity contribution in [2.75, 3.05) is 5.75 Å². The molecule has 23 heavy (non-hydrogen) atoms. The van der Waals surface area contributed by atoms with Gasteiger partial charge < -0.3 is 4.74 Å². The summed E-state index contributed by atoms with van der Waals surface area (Å²) >= 11 is 0. The molecular formula is C18H20O4S. The van der Waals surface area contributed by atoms with Crippen LogP contribution in [0, 0.1) is 6.92 Å². The van der Waals surface area contributed by atoms with Gasteiger partial charge in [0.2, 0.25) is 0 Å². The van der Waals surface area contributed by atoms with Gasteiger partial charge in [0.05, 0.1) is 10.6 Å². The van der Waals surface area contributed by atoms with Crippen molar-refractivity contribution in [1.82, 2.24) is 0 Å². The van der Waals surface area contributed by atoms with E-state index in [1.54, 1.807) is 24.3 Å². The molecule has 0 unspecified atom stereocenters. The molecule has 5 heteroatoms. The van der Waals surface area contributed by atoms with E-state index in [-0.39, 0.29) is 18.3 Å². The first kappa shape index (κ1) is 17.2. The summed E-state index contributed by atoms with van der Waals surface area (Å²) < 4.78 is 29.6. The van der Waals surface area contributed by atoms with Crippen molar-refractivity contribution in [2.24, 2.45) is 0 Å². The minimum atomic E-state index is -3.30. The minimum Gasteiger partial charge on any atom is -0.461 e. The van der Waals surface area contributed by atoms with E-state index in [1.807, 2.05) is 31.2 Å². The summed E-state index contributed by atoms with van der Waals surface area (Å²) in [5.74, 6) is -0.287. The predicted octanol–water partition coefficient (Wildman–Crippen LogP) is 3.07. The zero-order valence-electron chi connectivity index (χ0n) is 13.3. The largest absolute Gasteiger partial charge is 0.461 e. The average Bonchev–Trinajstić information content (AvgIpc) is 2.52. The molecule has 0 heterocycles. The van der Waals surface area contributed by atoms with E-state index in [0.717, 1.165) is 16.7 Å². The number of aryl methyl sites for hydroxylation is 2. The summed E-state index contributed by atoms with van der Waals surface area (Å²) in [4.78, 5) is 11.2. The van der Waals surface area contributed by atoms with Gasteiger partial charge in [-0.2, -0.15) is 0 Å². The van der Waals surface area contributed by atoms with Crippen LogP contribution in [0.15, 0.2) is 53.4 Å². The van der Waals surface area contributed by atoms with Gasteiger partial charge in [0.1, 0.15) is 6.61 Å². The van der Waals surface area contributed by atoms with Gasteiger partial charge in [-0.05, 0) is 36.6 Å². The quantitative estimate of drug-likeness (QED) is 0.763.